The largest absolute Gasteiger partial charge is 0.493 e. The van der Waals surface area contributed by atoms with Gasteiger partial charge in [0.05, 0.1) is 19.3 Å². The molecular formula is C21H29NO3. The van der Waals surface area contributed by atoms with Gasteiger partial charge in [-0.2, -0.15) is 0 Å². The minimum Gasteiger partial charge on any atom is -0.493 e. The van der Waals surface area contributed by atoms with Crippen molar-refractivity contribution in [2.45, 2.75) is 62.6 Å². The number of nitrogens with zero attached hydrogens (tertiary/aromatic N) is 1. The quantitative estimate of drug-likeness (QED) is 0.906. The second kappa shape index (κ2) is 6.56. The highest BCUT2D eigenvalue weighted by molar-refractivity contribution is 5.49. The molecule has 0 spiro atoms. The van der Waals surface area contributed by atoms with E-state index in [0.717, 1.165) is 50.1 Å². The summed E-state index contributed by atoms with van der Waals surface area (Å²) in [5, 5.41) is 10.1. The molecule has 1 heterocycles. The van der Waals surface area contributed by atoms with Gasteiger partial charge >= 0.3 is 0 Å². The van der Waals surface area contributed by atoms with Gasteiger partial charge in [0.15, 0.2) is 11.5 Å². The SMILES string of the molecule is COc1ccc([C@@]23CC[C@H](O)C=C2N(C)CC3)cc1OC1CCCC1. The molecule has 4 nitrogen and oxygen atoms in total. The zero-order chi connectivity index (χ0) is 17.4. The number of allylic oxidation sites excluding steroid dienone is 1. The van der Waals surface area contributed by atoms with E-state index in [4.69, 9.17) is 9.47 Å². The molecule has 4 rings (SSSR count). The fraction of sp³-hybridized carbons (Fsp3) is 0.619. The van der Waals surface area contributed by atoms with Gasteiger partial charge in [-0.1, -0.05) is 6.07 Å². The normalized spacial score (nSPS) is 29.5. The first kappa shape index (κ1) is 16.8. The second-order valence-corrected chi connectivity index (χ2v) is 7.80. The predicted octanol–water partition coefficient (Wildman–Crippen LogP) is 3.63. The third-order valence-electron chi connectivity index (χ3n) is 6.30. The van der Waals surface area contributed by atoms with Crippen molar-refractivity contribution in [1.82, 2.24) is 4.90 Å². The van der Waals surface area contributed by atoms with Crippen LogP contribution < -0.4 is 9.47 Å². The first-order valence-corrected chi connectivity index (χ1v) is 9.59. The van der Waals surface area contributed by atoms with Gasteiger partial charge in [-0.3, -0.25) is 0 Å². The van der Waals surface area contributed by atoms with Crippen LogP contribution >= 0.6 is 0 Å². The molecule has 3 aliphatic rings. The Morgan fingerprint density at radius 2 is 1.92 bits per heavy atom. The number of hydrogen-bond donors (Lipinski definition) is 1. The minimum absolute atomic E-state index is 0.00797. The number of hydrogen-bond acceptors (Lipinski definition) is 4. The van der Waals surface area contributed by atoms with Gasteiger partial charge in [0.2, 0.25) is 0 Å². The summed E-state index contributed by atoms with van der Waals surface area (Å²) >= 11 is 0. The van der Waals surface area contributed by atoms with E-state index >= 15 is 0 Å². The van der Waals surface area contributed by atoms with E-state index in [-0.39, 0.29) is 11.5 Å². The number of benzene rings is 1. The number of likely N-dealkylation sites (tertiary alicyclic amines) is 1. The second-order valence-electron chi connectivity index (χ2n) is 7.80. The van der Waals surface area contributed by atoms with Crippen molar-refractivity contribution in [2.24, 2.45) is 0 Å². The van der Waals surface area contributed by atoms with Crippen LogP contribution in [0, 0.1) is 0 Å². The van der Waals surface area contributed by atoms with Crippen LogP contribution in [0.3, 0.4) is 0 Å². The van der Waals surface area contributed by atoms with Crippen LogP contribution in [0.5, 0.6) is 11.5 Å². The molecule has 0 radical (unpaired) electrons. The average molecular weight is 343 g/mol. The highest BCUT2D eigenvalue weighted by atomic mass is 16.5. The predicted molar refractivity (Wildman–Crippen MR) is 98.1 cm³/mol. The van der Waals surface area contributed by atoms with Crippen LogP contribution in [0.1, 0.15) is 50.5 Å². The Kier molecular flexibility index (Phi) is 4.40. The zero-order valence-electron chi connectivity index (χ0n) is 15.3. The summed E-state index contributed by atoms with van der Waals surface area (Å²) in [5.74, 6) is 1.70. The van der Waals surface area contributed by atoms with Crippen molar-refractivity contribution in [3.8, 4) is 11.5 Å². The molecular weight excluding hydrogens is 314 g/mol. The highest BCUT2D eigenvalue weighted by Crippen LogP contribution is 2.50. The maximum Gasteiger partial charge on any atom is 0.161 e. The van der Waals surface area contributed by atoms with Gasteiger partial charge in [0.25, 0.3) is 0 Å². The van der Waals surface area contributed by atoms with Gasteiger partial charge in [-0.25, -0.2) is 0 Å². The van der Waals surface area contributed by atoms with Crippen LogP contribution in [0.15, 0.2) is 30.0 Å². The van der Waals surface area contributed by atoms with E-state index in [1.807, 2.05) is 0 Å². The molecule has 0 aromatic heterocycles. The van der Waals surface area contributed by atoms with E-state index in [0.29, 0.717) is 6.10 Å². The van der Waals surface area contributed by atoms with Crippen molar-refractivity contribution in [1.29, 1.82) is 0 Å². The molecule has 0 unspecified atom stereocenters. The fourth-order valence-electron chi connectivity index (χ4n) is 4.86. The van der Waals surface area contributed by atoms with Crippen LogP contribution in [0.25, 0.3) is 0 Å². The summed E-state index contributed by atoms with van der Waals surface area (Å²) in [7, 11) is 3.84. The third-order valence-corrected chi connectivity index (χ3v) is 6.30. The van der Waals surface area contributed by atoms with Gasteiger partial charge in [0.1, 0.15) is 0 Å². The number of aliphatic hydroxyl groups excluding tert-OH is 1. The Morgan fingerprint density at radius 3 is 2.68 bits per heavy atom. The van der Waals surface area contributed by atoms with Crippen molar-refractivity contribution in [2.75, 3.05) is 20.7 Å². The van der Waals surface area contributed by atoms with Crippen LogP contribution in [-0.2, 0) is 5.41 Å². The summed E-state index contributed by atoms with van der Waals surface area (Å²) in [6, 6.07) is 6.43. The molecule has 2 fully saturated rings. The van der Waals surface area contributed by atoms with Gasteiger partial charge in [-0.05, 0) is 68.7 Å². The Balaban J connectivity index is 1.71. The van der Waals surface area contributed by atoms with E-state index < -0.39 is 0 Å². The lowest BCUT2D eigenvalue weighted by molar-refractivity contribution is 0.180. The maximum atomic E-state index is 10.1. The third kappa shape index (κ3) is 2.91. The average Bonchev–Trinajstić information content (AvgIpc) is 3.24. The summed E-state index contributed by atoms with van der Waals surface area (Å²) in [5.41, 5.74) is 2.57. The number of ether oxygens (including phenoxy) is 2. The molecule has 1 aromatic carbocycles. The monoisotopic (exact) mass is 343 g/mol. The molecule has 2 aliphatic carbocycles. The molecule has 1 aromatic rings. The Bertz CT molecular complexity index is 665. The lowest BCUT2D eigenvalue weighted by atomic mass is 9.70. The first-order chi connectivity index (χ1) is 12.1. The molecule has 25 heavy (non-hydrogen) atoms. The smallest absolute Gasteiger partial charge is 0.161 e. The van der Waals surface area contributed by atoms with E-state index in [2.05, 4.69) is 36.2 Å². The van der Waals surface area contributed by atoms with Gasteiger partial charge < -0.3 is 19.5 Å². The van der Waals surface area contributed by atoms with Crippen molar-refractivity contribution in [3.05, 3.63) is 35.5 Å². The molecule has 4 heteroatoms. The van der Waals surface area contributed by atoms with Crippen molar-refractivity contribution < 1.29 is 14.6 Å². The lowest BCUT2D eigenvalue weighted by Crippen LogP contribution is -2.33. The van der Waals surface area contributed by atoms with Crippen LogP contribution in [0.4, 0.5) is 0 Å². The number of fused-ring (bicyclic) bond motifs is 1. The molecule has 1 N–H and O–H groups in total. The number of rotatable bonds is 4. The van der Waals surface area contributed by atoms with Crippen molar-refractivity contribution >= 4 is 0 Å². The van der Waals surface area contributed by atoms with Gasteiger partial charge in [0, 0.05) is 24.7 Å². The molecule has 1 saturated heterocycles. The summed E-state index contributed by atoms with van der Waals surface area (Å²) in [6.07, 6.45) is 9.74. The molecule has 0 bridgehead atoms. The standard InChI is InChI=1S/C21H29NO3/c1-22-12-11-21(10-9-16(23)14-20(21)22)15-7-8-18(24-2)19(13-15)25-17-5-3-4-6-17/h7-8,13-14,16-17,23H,3-6,9-12H2,1-2H3/t16-,21-/m0/s1. The lowest BCUT2D eigenvalue weighted by Gasteiger charge is -2.37. The Morgan fingerprint density at radius 1 is 1.12 bits per heavy atom. The number of likely N-dealkylation sites (N-methyl/N-ethyl adjacent to an activating group) is 1. The topological polar surface area (TPSA) is 41.9 Å². The molecule has 136 valence electrons. The summed E-state index contributed by atoms with van der Waals surface area (Å²) < 4.78 is 11.9. The first-order valence-electron chi connectivity index (χ1n) is 9.59. The zero-order valence-corrected chi connectivity index (χ0v) is 15.3. The van der Waals surface area contributed by atoms with E-state index in [1.54, 1.807) is 7.11 Å². The highest BCUT2D eigenvalue weighted by Gasteiger charge is 2.45. The Hall–Kier alpha value is -1.68. The molecule has 2 atom stereocenters. The number of methoxy groups -OCH3 is 1. The summed E-state index contributed by atoms with van der Waals surface area (Å²) in [6.45, 7) is 1.03. The van der Waals surface area contributed by atoms with Crippen LogP contribution in [0.2, 0.25) is 0 Å². The maximum absolute atomic E-state index is 10.1. The van der Waals surface area contributed by atoms with E-state index in [9.17, 15) is 5.11 Å². The molecule has 0 amide bonds. The van der Waals surface area contributed by atoms with Gasteiger partial charge in [-0.15, -0.1) is 0 Å². The Labute approximate surface area is 150 Å². The minimum atomic E-state index is -0.323. The fourth-order valence-corrected chi connectivity index (χ4v) is 4.86. The number of aliphatic hydroxyl groups is 1. The molecule has 1 aliphatic heterocycles. The van der Waals surface area contributed by atoms with Crippen LogP contribution in [-0.4, -0.2) is 42.9 Å². The van der Waals surface area contributed by atoms with E-state index in [1.165, 1.54) is 24.1 Å². The summed E-state index contributed by atoms with van der Waals surface area (Å²) in [4.78, 5) is 2.30. The van der Waals surface area contributed by atoms with Crippen molar-refractivity contribution in [3.63, 3.8) is 0 Å². The molecule has 1 saturated carbocycles.